The van der Waals surface area contributed by atoms with Gasteiger partial charge >= 0.3 is 0 Å². The van der Waals surface area contributed by atoms with Crippen molar-refractivity contribution in [2.24, 2.45) is 0 Å². The number of hydrogen-bond donors (Lipinski definition) is 2. The van der Waals surface area contributed by atoms with Gasteiger partial charge in [-0.3, -0.25) is 4.79 Å². The lowest BCUT2D eigenvalue weighted by molar-refractivity contribution is -0.117. The molecule has 0 spiro atoms. The standard InChI is InChI=1S/C15H23FN2O3/c1-15(2,20-3)7-9-21-8-6-14(19)18-11-4-5-12(16)13(17)10-11/h4-5,10H,6-9,17H2,1-3H3,(H,18,19). The lowest BCUT2D eigenvalue weighted by Crippen LogP contribution is -2.24. The molecule has 0 fully saturated rings. The normalized spacial score (nSPS) is 11.4. The molecule has 0 atom stereocenters. The zero-order valence-corrected chi connectivity index (χ0v) is 12.7. The minimum Gasteiger partial charge on any atom is -0.396 e. The van der Waals surface area contributed by atoms with Gasteiger partial charge in [0.05, 0.1) is 24.3 Å². The van der Waals surface area contributed by atoms with Gasteiger partial charge in [0.15, 0.2) is 0 Å². The average molecular weight is 298 g/mol. The third kappa shape index (κ3) is 6.55. The Kier molecular flexibility index (Phi) is 6.58. The van der Waals surface area contributed by atoms with E-state index in [0.29, 0.717) is 18.9 Å². The number of halogens is 1. The Morgan fingerprint density at radius 3 is 2.71 bits per heavy atom. The molecule has 0 saturated carbocycles. The van der Waals surface area contributed by atoms with E-state index in [0.717, 1.165) is 6.42 Å². The number of carbonyl (C=O) groups is 1. The molecule has 0 radical (unpaired) electrons. The van der Waals surface area contributed by atoms with E-state index in [1.54, 1.807) is 7.11 Å². The van der Waals surface area contributed by atoms with Crippen molar-refractivity contribution in [3.8, 4) is 0 Å². The van der Waals surface area contributed by atoms with Crippen LogP contribution in [0, 0.1) is 5.82 Å². The summed E-state index contributed by atoms with van der Waals surface area (Å²) in [5, 5.41) is 2.64. The summed E-state index contributed by atoms with van der Waals surface area (Å²) in [5.41, 5.74) is 5.68. The first-order chi connectivity index (χ1) is 9.84. The quantitative estimate of drug-likeness (QED) is 0.571. The predicted molar refractivity (Wildman–Crippen MR) is 80.6 cm³/mol. The van der Waals surface area contributed by atoms with Crippen molar-refractivity contribution < 1.29 is 18.7 Å². The van der Waals surface area contributed by atoms with Gasteiger partial charge in [-0.1, -0.05) is 0 Å². The van der Waals surface area contributed by atoms with Gasteiger partial charge in [0.2, 0.25) is 5.91 Å². The van der Waals surface area contributed by atoms with E-state index in [1.807, 2.05) is 13.8 Å². The maximum Gasteiger partial charge on any atom is 0.226 e. The number of benzene rings is 1. The van der Waals surface area contributed by atoms with Gasteiger partial charge in [0, 0.05) is 19.4 Å². The minimum atomic E-state index is -0.503. The Morgan fingerprint density at radius 2 is 2.10 bits per heavy atom. The van der Waals surface area contributed by atoms with Gasteiger partial charge < -0.3 is 20.5 Å². The number of amides is 1. The Hall–Kier alpha value is -1.66. The minimum absolute atomic E-state index is 0.00541. The molecule has 0 aliphatic carbocycles. The topological polar surface area (TPSA) is 73.6 Å². The van der Waals surface area contributed by atoms with E-state index in [9.17, 15) is 9.18 Å². The van der Waals surface area contributed by atoms with Crippen LogP contribution in [0.25, 0.3) is 0 Å². The van der Waals surface area contributed by atoms with Crippen LogP contribution < -0.4 is 11.1 Å². The van der Waals surface area contributed by atoms with Gasteiger partial charge in [-0.2, -0.15) is 0 Å². The van der Waals surface area contributed by atoms with Crippen LogP contribution in [0.3, 0.4) is 0 Å². The molecule has 3 N–H and O–H groups in total. The molecule has 5 nitrogen and oxygen atoms in total. The lowest BCUT2D eigenvalue weighted by Gasteiger charge is -2.22. The van der Waals surface area contributed by atoms with Crippen LogP contribution in [-0.4, -0.2) is 31.8 Å². The molecule has 1 amide bonds. The number of anilines is 2. The molecule has 0 heterocycles. The molecule has 0 bridgehead atoms. The summed E-state index contributed by atoms with van der Waals surface area (Å²) >= 11 is 0. The first-order valence-corrected chi connectivity index (χ1v) is 6.82. The largest absolute Gasteiger partial charge is 0.396 e. The van der Waals surface area contributed by atoms with Crippen molar-refractivity contribution in [3.63, 3.8) is 0 Å². The zero-order valence-electron chi connectivity index (χ0n) is 12.7. The molecule has 6 heteroatoms. The highest BCUT2D eigenvalue weighted by atomic mass is 19.1. The van der Waals surface area contributed by atoms with Crippen molar-refractivity contribution in [3.05, 3.63) is 24.0 Å². The van der Waals surface area contributed by atoms with Crippen LogP contribution in [-0.2, 0) is 14.3 Å². The molecule has 1 aromatic carbocycles. The van der Waals surface area contributed by atoms with Gasteiger partial charge in [0.25, 0.3) is 0 Å². The maximum atomic E-state index is 13.0. The Morgan fingerprint density at radius 1 is 1.38 bits per heavy atom. The van der Waals surface area contributed by atoms with Gasteiger partial charge in [-0.25, -0.2) is 4.39 Å². The van der Waals surface area contributed by atoms with E-state index < -0.39 is 5.82 Å². The number of nitrogens with two attached hydrogens (primary N) is 1. The highest BCUT2D eigenvalue weighted by molar-refractivity contribution is 5.91. The third-order valence-electron chi connectivity index (χ3n) is 3.15. The summed E-state index contributed by atoms with van der Waals surface area (Å²) < 4.78 is 23.6. The lowest BCUT2D eigenvalue weighted by atomic mass is 10.1. The first kappa shape index (κ1) is 17.4. The van der Waals surface area contributed by atoms with Crippen LogP contribution in [0.4, 0.5) is 15.8 Å². The van der Waals surface area contributed by atoms with Gasteiger partial charge in [-0.05, 0) is 38.5 Å². The fourth-order valence-electron chi connectivity index (χ4n) is 1.53. The Labute approximate surface area is 124 Å². The van der Waals surface area contributed by atoms with E-state index >= 15 is 0 Å². The molecule has 1 rings (SSSR count). The van der Waals surface area contributed by atoms with Crippen molar-refractivity contribution >= 4 is 17.3 Å². The fraction of sp³-hybridized carbons (Fsp3) is 0.533. The Balaban J connectivity index is 2.24. The smallest absolute Gasteiger partial charge is 0.226 e. The molecule has 21 heavy (non-hydrogen) atoms. The zero-order chi connectivity index (χ0) is 15.9. The number of ether oxygens (including phenoxy) is 2. The molecule has 0 saturated heterocycles. The van der Waals surface area contributed by atoms with Crippen molar-refractivity contribution in [1.82, 2.24) is 0 Å². The van der Waals surface area contributed by atoms with E-state index in [2.05, 4.69) is 5.32 Å². The van der Waals surface area contributed by atoms with Crippen LogP contribution in [0.2, 0.25) is 0 Å². The molecule has 1 aromatic rings. The summed E-state index contributed by atoms with van der Waals surface area (Å²) in [6.45, 7) is 4.80. The number of carbonyl (C=O) groups excluding carboxylic acids is 1. The van der Waals surface area contributed by atoms with Crippen LogP contribution >= 0.6 is 0 Å². The van der Waals surface area contributed by atoms with Crippen molar-refractivity contribution in [2.45, 2.75) is 32.3 Å². The molecule has 0 aliphatic rings. The van der Waals surface area contributed by atoms with Gasteiger partial charge in [0.1, 0.15) is 5.82 Å². The first-order valence-electron chi connectivity index (χ1n) is 6.82. The van der Waals surface area contributed by atoms with E-state index in [-0.39, 0.29) is 23.6 Å². The molecular weight excluding hydrogens is 275 g/mol. The summed E-state index contributed by atoms with van der Waals surface area (Å²) in [4.78, 5) is 11.7. The molecule has 0 aromatic heterocycles. The second-order valence-corrected chi connectivity index (χ2v) is 5.36. The summed E-state index contributed by atoms with van der Waals surface area (Å²) in [6.07, 6.45) is 0.976. The van der Waals surface area contributed by atoms with Crippen LogP contribution in [0.15, 0.2) is 18.2 Å². The summed E-state index contributed by atoms with van der Waals surface area (Å²) in [5.74, 6) is -0.705. The van der Waals surface area contributed by atoms with E-state index in [1.165, 1.54) is 18.2 Å². The van der Waals surface area contributed by atoms with Crippen LogP contribution in [0.1, 0.15) is 26.7 Å². The highest BCUT2D eigenvalue weighted by Gasteiger charge is 2.15. The number of rotatable bonds is 8. The van der Waals surface area contributed by atoms with Gasteiger partial charge in [-0.15, -0.1) is 0 Å². The second-order valence-electron chi connectivity index (χ2n) is 5.36. The number of nitrogen functional groups attached to an aromatic ring is 1. The molecule has 0 aliphatic heterocycles. The molecule has 118 valence electrons. The SMILES string of the molecule is COC(C)(C)CCOCCC(=O)Nc1ccc(F)c(N)c1. The predicted octanol–water partition coefficient (Wildman–Crippen LogP) is 2.57. The monoisotopic (exact) mass is 298 g/mol. The van der Waals surface area contributed by atoms with Crippen molar-refractivity contribution in [1.29, 1.82) is 0 Å². The second kappa shape index (κ2) is 7.95. The summed E-state index contributed by atoms with van der Waals surface area (Å²) in [7, 11) is 1.65. The van der Waals surface area contributed by atoms with Crippen LogP contribution in [0.5, 0.6) is 0 Å². The molecule has 0 unspecified atom stereocenters. The van der Waals surface area contributed by atoms with Crippen molar-refractivity contribution in [2.75, 3.05) is 31.4 Å². The average Bonchev–Trinajstić information content (AvgIpc) is 2.42. The number of nitrogens with one attached hydrogen (secondary N) is 1. The maximum absolute atomic E-state index is 13.0. The highest BCUT2D eigenvalue weighted by Crippen LogP contribution is 2.16. The third-order valence-corrected chi connectivity index (χ3v) is 3.15. The fourth-order valence-corrected chi connectivity index (χ4v) is 1.53. The summed E-state index contributed by atoms with van der Waals surface area (Å²) in [6, 6.07) is 4.06. The van der Waals surface area contributed by atoms with E-state index in [4.69, 9.17) is 15.2 Å². The molecular formula is C15H23FN2O3. The Bertz CT molecular complexity index is 478. The number of hydrogen-bond acceptors (Lipinski definition) is 4. The number of methoxy groups -OCH3 is 1.